The Bertz CT molecular complexity index is 200. The molecule has 0 aliphatic carbocycles. The third-order valence-corrected chi connectivity index (χ3v) is 1.03. The second-order valence-electron chi connectivity index (χ2n) is 1.79. The molecule has 5 heteroatoms. The number of hydroxylamine groups is 2. The van der Waals surface area contributed by atoms with Gasteiger partial charge in [0.1, 0.15) is 6.34 Å². The van der Waals surface area contributed by atoms with Gasteiger partial charge in [0.05, 0.1) is 13.7 Å². The second kappa shape index (κ2) is 3.60. The molecule has 0 fully saturated rings. The minimum absolute atomic E-state index is 0.499. The van der Waals surface area contributed by atoms with Crippen LogP contribution in [0, 0.1) is 0 Å². The van der Waals surface area contributed by atoms with Crippen molar-refractivity contribution in [2.45, 2.75) is 0 Å². The third-order valence-electron chi connectivity index (χ3n) is 1.03. The Morgan fingerprint density at radius 2 is 2.55 bits per heavy atom. The lowest BCUT2D eigenvalue weighted by Crippen LogP contribution is -2.27. The average molecular weight is 156 g/mol. The summed E-state index contributed by atoms with van der Waals surface area (Å²) in [4.78, 5) is 18.9. The van der Waals surface area contributed by atoms with Crippen LogP contribution < -0.4 is 0 Å². The van der Waals surface area contributed by atoms with E-state index in [0.717, 1.165) is 0 Å². The van der Waals surface area contributed by atoms with Crippen molar-refractivity contribution in [1.82, 2.24) is 5.06 Å². The number of carbonyl (C=O) groups excluding carboxylic acids is 1. The monoisotopic (exact) mass is 156 g/mol. The molecule has 11 heavy (non-hydrogen) atoms. The molecule has 0 aromatic heterocycles. The molecule has 5 nitrogen and oxygen atoms in total. The standard InChI is InChI=1S/C6H8N2O3/c1-10-6(9)11-8-4-2-3-7-5-8/h2-3,5H,4H2,1H3. The number of carbonyl (C=O) groups is 1. The second-order valence-corrected chi connectivity index (χ2v) is 1.79. The minimum Gasteiger partial charge on any atom is -0.436 e. The summed E-state index contributed by atoms with van der Waals surface area (Å²) in [5.74, 6) is 0. The van der Waals surface area contributed by atoms with Crippen molar-refractivity contribution in [3.63, 3.8) is 0 Å². The zero-order chi connectivity index (χ0) is 8.10. The van der Waals surface area contributed by atoms with Crippen LogP contribution in [0.1, 0.15) is 0 Å². The summed E-state index contributed by atoms with van der Waals surface area (Å²) in [5.41, 5.74) is 0. The van der Waals surface area contributed by atoms with Gasteiger partial charge in [-0.3, -0.25) is 0 Å². The molecule has 0 spiro atoms. The van der Waals surface area contributed by atoms with Crippen molar-refractivity contribution in [2.24, 2.45) is 4.99 Å². The molecular formula is C6H8N2O3. The number of hydrogen-bond acceptors (Lipinski definition) is 5. The molecule has 0 unspecified atom stereocenters. The van der Waals surface area contributed by atoms with E-state index in [2.05, 4.69) is 14.6 Å². The summed E-state index contributed by atoms with van der Waals surface area (Å²) < 4.78 is 4.26. The van der Waals surface area contributed by atoms with Crippen LogP contribution in [0.2, 0.25) is 0 Å². The first-order chi connectivity index (χ1) is 5.33. The molecule has 1 heterocycles. The third kappa shape index (κ3) is 2.29. The normalized spacial score (nSPS) is 14.8. The van der Waals surface area contributed by atoms with Crippen LogP contribution in [0.3, 0.4) is 0 Å². The lowest BCUT2D eigenvalue weighted by Gasteiger charge is -2.16. The van der Waals surface area contributed by atoms with Crippen LogP contribution in [0.4, 0.5) is 4.79 Å². The van der Waals surface area contributed by atoms with Crippen LogP contribution in [0.25, 0.3) is 0 Å². The molecule has 0 N–H and O–H groups in total. The molecule has 0 saturated carbocycles. The topological polar surface area (TPSA) is 51.1 Å². The minimum atomic E-state index is -0.744. The molecule has 1 aliphatic rings. The molecule has 0 aromatic rings. The quantitative estimate of drug-likeness (QED) is 0.520. The fraction of sp³-hybridized carbons (Fsp3) is 0.333. The molecule has 60 valence electrons. The molecule has 0 amide bonds. The molecule has 0 saturated heterocycles. The highest BCUT2D eigenvalue weighted by Gasteiger charge is 2.07. The van der Waals surface area contributed by atoms with E-state index in [1.54, 1.807) is 12.3 Å². The Balaban J connectivity index is 2.33. The maximum Gasteiger partial charge on any atom is 0.533 e. The number of nitrogens with zero attached hydrogens (tertiary/aromatic N) is 2. The summed E-state index contributed by atoms with van der Waals surface area (Å²) in [7, 11) is 1.25. The molecule has 0 radical (unpaired) electrons. The van der Waals surface area contributed by atoms with E-state index in [1.807, 2.05) is 0 Å². The van der Waals surface area contributed by atoms with E-state index in [4.69, 9.17) is 0 Å². The Morgan fingerprint density at radius 3 is 3.09 bits per heavy atom. The summed E-state index contributed by atoms with van der Waals surface area (Å²) >= 11 is 0. The lowest BCUT2D eigenvalue weighted by atomic mass is 10.5. The maximum absolute atomic E-state index is 10.5. The van der Waals surface area contributed by atoms with Crippen LogP contribution in [0.15, 0.2) is 17.3 Å². The van der Waals surface area contributed by atoms with Gasteiger partial charge in [-0.25, -0.2) is 9.79 Å². The molecule has 0 bridgehead atoms. The van der Waals surface area contributed by atoms with E-state index in [9.17, 15) is 4.79 Å². The van der Waals surface area contributed by atoms with Gasteiger partial charge in [0.2, 0.25) is 0 Å². The van der Waals surface area contributed by atoms with Gasteiger partial charge in [-0.2, -0.15) is 5.06 Å². The van der Waals surface area contributed by atoms with E-state index in [1.165, 1.54) is 18.5 Å². The first-order valence-corrected chi connectivity index (χ1v) is 3.04. The number of aliphatic imine (C=N–C) groups is 1. The van der Waals surface area contributed by atoms with Gasteiger partial charge in [0.25, 0.3) is 0 Å². The van der Waals surface area contributed by atoms with Crippen molar-refractivity contribution in [1.29, 1.82) is 0 Å². The fourth-order valence-electron chi connectivity index (χ4n) is 0.566. The highest BCUT2D eigenvalue weighted by atomic mass is 16.8. The summed E-state index contributed by atoms with van der Waals surface area (Å²) in [6.45, 7) is 0.499. The highest BCUT2D eigenvalue weighted by molar-refractivity contribution is 5.63. The van der Waals surface area contributed by atoms with Gasteiger partial charge in [0, 0.05) is 6.20 Å². The van der Waals surface area contributed by atoms with Crippen molar-refractivity contribution in [3.05, 3.63) is 12.3 Å². The lowest BCUT2D eigenvalue weighted by molar-refractivity contribution is -0.0592. The van der Waals surface area contributed by atoms with Gasteiger partial charge in [-0.1, -0.05) is 0 Å². The van der Waals surface area contributed by atoms with Crippen molar-refractivity contribution in [2.75, 3.05) is 13.7 Å². The van der Waals surface area contributed by atoms with E-state index >= 15 is 0 Å². The molecule has 1 rings (SSSR count). The molecular weight excluding hydrogens is 148 g/mol. The van der Waals surface area contributed by atoms with Crippen molar-refractivity contribution < 1.29 is 14.4 Å². The summed E-state index contributed by atoms with van der Waals surface area (Å²) in [6, 6.07) is 0. The Kier molecular flexibility index (Phi) is 2.48. The zero-order valence-corrected chi connectivity index (χ0v) is 6.06. The maximum atomic E-state index is 10.5. The predicted octanol–water partition coefficient (Wildman–Crippen LogP) is 0.542. The fourth-order valence-corrected chi connectivity index (χ4v) is 0.566. The predicted molar refractivity (Wildman–Crippen MR) is 37.8 cm³/mol. The summed E-state index contributed by atoms with van der Waals surface area (Å²) in [5, 5.41) is 1.27. The number of rotatable bonds is 1. The van der Waals surface area contributed by atoms with E-state index < -0.39 is 6.16 Å². The Labute approximate surface area is 63.9 Å². The zero-order valence-electron chi connectivity index (χ0n) is 6.06. The average Bonchev–Trinajstić information content (AvgIpc) is 2.06. The van der Waals surface area contributed by atoms with Gasteiger partial charge in [-0.05, 0) is 6.08 Å². The van der Waals surface area contributed by atoms with Crippen LogP contribution >= 0.6 is 0 Å². The van der Waals surface area contributed by atoms with Gasteiger partial charge >= 0.3 is 6.16 Å². The number of methoxy groups -OCH3 is 1. The van der Waals surface area contributed by atoms with E-state index in [-0.39, 0.29) is 0 Å². The largest absolute Gasteiger partial charge is 0.533 e. The van der Waals surface area contributed by atoms with Gasteiger partial charge in [-0.15, -0.1) is 0 Å². The first kappa shape index (κ1) is 7.59. The summed E-state index contributed by atoms with van der Waals surface area (Å²) in [6.07, 6.45) is 4.03. The number of hydrogen-bond donors (Lipinski definition) is 0. The first-order valence-electron chi connectivity index (χ1n) is 3.04. The van der Waals surface area contributed by atoms with E-state index in [0.29, 0.717) is 6.54 Å². The van der Waals surface area contributed by atoms with Crippen LogP contribution in [0.5, 0.6) is 0 Å². The Morgan fingerprint density at radius 1 is 1.73 bits per heavy atom. The smallest absolute Gasteiger partial charge is 0.436 e. The highest BCUT2D eigenvalue weighted by Crippen LogP contribution is 1.95. The van der Waals surface area contributed by atoms with Gasteiger partial charge in [0.15, 0.2) is 0 Å². The molecule has 1 aliphatic heterocycles. The van der Waals surface area contributed by atoms with Gasteiger partial charge < -0.3 is 9.57 Å². The molecule has 0 atom stereocenters. The van der Waals surface area contributed by atoms with Crippen LogP contribution in [-0.2, 0) is 9.57 Å². The van der Waals surface area contributed by atoms with Crippen molar-refractivity contribution in [3.8, 4) is 0 Å². The van der Waals surface area contributed by atoms with Crippen LogP contribution in [-0.4, -0.2) is 31.2 Å². The number of ether oxygens (including phenoxy) is 1. The molecule has 0 aromatic carbocycles. The van der Waals surface area contributed by atoms with Crippen molar-refractivity contribution >= 4 is 12.5 Å². The Hall–Kier alpha value is -1.52. The SMILES string of the molecule is COC(=O)ON1C=NC=CC1.